The minimum atomic E-state index is -1.54. The van der Waals surface area contributed by atoms with E-state index in [9.17, 15) is 9.90 Å². The van der Waals surface area contributed by atoms with Crippen LogP contribution in [0.25, 0.3) is 0 Å². The van der Waals surface area contributed by atoms with Crippen molar-refractivity contribution in [2.45, 2.75) is 0 Å². The van der Waals surface area contributed by atoms with Crippen LogP contribution in [0, 0.1) is 0 Å². The summed E-state index contributed by atoms with van der Waals surface area (Å²) in [6.45, 7) is 0. The molecule has 0 aromatic carbocycles. The third kappa shape index (κ3) is 9.52. The molecule has 0 N–H and O–H groups in total. The summed E-state index contributed by atoms with van der Waals surface area (Å²) in [5, 5.41) is 10.5. The molecule has 0 aliphatic heterocycles. The van der Waals surface area contributed by atoms with Gasteiger partial charge in [-0.25, -0.2) is 5.06 Å². The Morgan fingerprint density at radius 2 is 2.00 bits per heavy atom. The van der Waals surface area contributed by atoms with E-state index in [-0.39, 0.29) is 29.6 Å². The first-order chi connectivity index (χ1) is 3.13. The van der Waals surface area contributed by atoms with Crippen LogP contribution in [0.5, 0.6) is 0 Å². The summed E-state index contributed by atoms with van der Waals surface area (Å²) < 4.78 is 0. The van der Waals surface area contributed by atoms with Gasteiger partial charge in [-0.1, -0.05) is 0 Å². The molecule has 0 bridgehead atoms. The number of carboxylic acid groups (broad SMARTS) is 1. The molecule has 0 fully saturated rings. The number of rotatable bonds is 1. The van der Waals surface area contributed by atoms with E-state index in [1.54, 1.807) is 0 Å². The first-order valence-corrected chi connectivity index (χ1v) is 1.69. The Morgan fingerprint density at radius 1 is 1.62 bits per heavy atom. The summed E-state index contributed by atoms with van der Waals surface area (Å²) in [5.41, 5.74) is 0. The molecule has 0 atom stereocenters. The van der Waals surface area contributed by atoms with E-state index in [0.717, 1.165) is 5.06 Å². The molecule has 0 rings (SSSR count). The van der Waals surface area contributed by atoms with Crippen LogP contribution in [0.15, 0.2) is 0 Å². The standard InChI is InChI=1S/C3H7NO3.Na/c1-4(2)7-3(5)6;/h1-2H3,(H,5,6);/q;+1/p-1. The van der Waals surface area contributed by atoms with Crippen LogP contribution in [-0.2, 0) is 4.84 Å². The van der Waals surface area contributed by atoms with Crippen LogP contribution in [-0.4, -0.2) is 25.3 Å². The van der Waals surface area contributed by atoms with Gasteiger partial charge in [-0.2, -0.15) is 0 Å². The summed E-state index contributed by atoms with van der Waals surface area (Å²) >= 11 is 0. The zero-order valence-electron chi connectivity index (χ0n) is 5.17. The first kappa shape index (κ1) is 11.1. The Labute approximate surface area is 69.7 Å². The quantitative estimate of drug-likeness (QED) is 0.265. The Balaban J connectivity index is 0. The van der Waals surface area contributed by atoms with Gasteiger partial charge >= 0.3 is 29.6 Å². The Bertz CT molecular complexity index is 74.9. The predicted octanol–water partition coefficient (Wildman–Crippen LogP) is -4.17. The average molecular weight is 127 g/mol. The summed E-state index contributed by atoms with van der Waals surface area (Å²) in [6, 6.07) is 0. The number of carbonyl (C=O) groups excluding carboxylic acids is 1. The molecule has 8 heavy (non-hydrogen) atoms. The number of carbonyl (C=O) groups is 1. The molecule has 0 saturated heterocycles. The predicted molar refractivity (Wildman–Crippen MR) is 20.2 cm³/mol. The maximum absolute atomic E-state index is 9.43. The van der Waals surface area contributed by atoms with E-state index in [2.05, 4.69) is 4.84 Å². The van der Waals surface area contributed by atoms with Crippen molar-refractivity contribution in [2.24, 2.45) is 0 Å². The molecule has 4 nitrogen and oxygen atoms in total. The van der Waals surface area contributed by atoms with Crippen molar-refractivity contribution in [3.63, 3.8) is 0 Å². The molecule has 0 aromatic heterocycles. The van der Waals surface area contributed by atoms with Crippen LogP contribution < -0.4 is 34.7 Å². The maximum Gasteiger partial charge on any atom is 1.00 e. The molecular weight excluding hydrogens is 121 g/mol. The summed E-state index contributed by atoms with van der Waals surface area (Å²) in [5.74, 6) is 0. The van der Waals surface area contributed by atoms with Gasteiger partial charge in [-0.3, -0.25) is 0 Å². The van der Waals surface area contributed by atoms with Gasteiger partial charge in [0.2, 0.25) is 0 Å². The van der Waals surface area contributed by atoms with Gasteiger partial charge in [-0.05, 0) is 0 Å². The number of hydrogen-bond acceptors (Lipinski definition) is 4. The van der Waals surface area contributed by atoms with Gasteiger partial charge in [0.05, 0.1) is 0 Å². The van der Waals surface area contributed by atoms with Crippen molar-refractivity contribution < 1.29 is 44.3 Å². The topological polar surface area (TPSA) is 52.6 Å². The minimum absolute atomic E-state index is 0. The van der Waals surface area contributed by atoms with Crippen LogP contribution in [0.3, 0.4) is 0 Å². The molecule has 0 saturated carbocycles. The van der Waals surface area contributed by atoms with E-state index in [0.29, 0.717) is 0 Å². The number of nitrogens with zero attached hydrogens (tertiary/aromatic N) is 1. The second-order valence-corrected chi connectivity index (χ2v) is 1.15. The van der Waals surface area contributed by atoms with Crippen molar-refractivity contribution in [2.75, 3.05) is 14.1 Å². The van der Waals surface area contributed by atoms with Crippen molar-refractivity contribution in [1.29, 1.82) is 0 Å². The van der Waals surface area contributed by atoms with Crippen LogP contribution >= 0.6 is 0 Å². The van der Waals surface area contributed by atoms with E-state index in [1.165, 1.54) is 14.1 Å². The SMILES string of the molecule is CN(C)OC(=O)[O-].[Na+]. The monoisotopic (exact) mass is 127 g/mol. The molecule has 0 aromatic rings. The van der Waals surface area contributed by atoms with E-state index in [4.69, 9.17) is 0 Å². The third-order valence-electron chi connectivity index (χ3n) is 0.257. The third-order valence-corrected chi connectivity index (χ3v) is 0.257. The molecule has 0 heterocycles. The molecule has 0 amide bonds. The molecule has 0 unspecified atom stereocenters. The fourth-order valence-electron chi connectivity index (χ4n) is 0.149. The number of hydrogen-bond donors (Lipinski definition) is 0. The number of hydroxylamine groups is 2. The fourth-order valence-corrected chi connectivity index (χ4v) is 0.149. The molecule has 42 valence electrons. The van der Waals surface area contributed by atoms with E-state index in [1.807, 2.05) is 0 Å². The first-order valence-electron chi connectivity index (χ1n) is 1.69. The second-order valence-electron chi connectivity index (χ2n) is 1.15. The Morgan fingerprint density at radius 3 is 2.00 bits per heavy atom. The molecule has 0 spiro atoms. The van der Waals surface area contributed by atoms with E-state index >= 15 is 0 Å². The summed E-state index contributed by atoms with van der Waals surface area (Å²) in [7, 11) is 2.91. The van der Waals surface area contributed by atoms with Gasteiger partial charge in [-0.15, -0.1) is 0 Å². The van der Waals surface area contributed by atoms with Gasteiger partial charge < -0.3 is 14.7 Å². The van der Waals surface area contributed by atoms with E-state index < -0.39 is 6.16 Å². The summed E-state index contributed by atoms with van der Waals surface area (Å²) in [4.78, 5) is 13.3. The fraction of sp³-hybridized carbons (Fsp3) is 0.667. The van der Waals surface area contributed by atoms with Gasteiger partial charge in [0.1, 0.15) is 0 Å². The van der Waals surface area contributed by atoms with Gasteiger partial charge in [0.15, 0.2) is 0 Å². The van der Waals surface area contributed by atoms with Crippen molar-refractivity contribution >= 4 is 6.16 Å². The molecule has 0 aliphatic carbocycles. The van der Waals surface area contributed by atoms with Crippen molar-refractivity contribution in [3.8, 4) is 0 Å². The molecular formula is C3H6NNaO3. The zero-order valence-corrected chi connectivity index (χ0v) is 7.17. The molecule has 5 heteroatoms. The van der Waals surface area contributed by atoms with Gasteiger partial charge in [0, 0.05) is 14.1 Å². The largest absolute Gasteiger partial charge is 1.00 e. The zero-order chi connectivity index (χ0) is 5.86. The maximum atomic E-state index is 9.43. The Hall–Kier alpha value is 0.230. The normalized spacial score (nSPS) is 7.88. The Kier molecular flexibility index (Phi) is 7.44. The van der Waals surface area contributed by atoms with Crippen LogP contribution in [0.1, 0.15) is 0 Å². The smallest absolute Gasteiger partial charge is 0.467 e. The van der Waals surface area contributed by atoms with Crippen molar-refractivity contribution in [1.82, 2.24) is 5.06 Å². The minimum Gasteiger partial charge on any atom is -0.467 e. The van der Waals surface area contributed by atoms with Crippen LogP contribution in [0.4, 0.5) is 4.79 Å². The van der Waals surface area contributed by atoms with Gasteiger partial charge in [0.25, 0.3) is 6.16 Å². The average Bonchev–Trinajstić information content (AvgIpc) is 1.27. The summed E-state index contributed by atoms with van der Waals surface area (Å²) in [6.07, 6.45) is -1.54. The van der Waals surface area contributed by atoms with Crippen LogP contribution in [0.2, 0.25) is 0 Å². The molecule has 0 aliphatic rings. The molecule has 0 radical (unpaired) electrons. The van der Waals surface area contributed by atoms with Crippen molar-refractivity contribution in [3.05, 3.63) is 0 Å². The second kappa shape index (κ2) is 5.37.